The number of fused-ring (bicyclic) bond motifs is 3. The van der Waals surface area contributed by atoms with Gasteiger partial charge in [0.25, 0.3) is 0 Å². The lowest BCUT2D eigenvalue weighted by Gasteiger charge is -2.31. The van der Waals surface area contributed by atoms with Gasteiger partial charge in [0.15, 0.2) is 11.3 Å². The molecule has 34 heavy (non-hydrogen) atoms. The number of ether oxygens (including phenoxy) is 1. The summed E-state index contributed by atoms with van der Waals surface area (Å²) >= 11 is 0. The highest BCUT2D eigenvalue weighted by Gasteiger charge is 2.53. The van der Waals surface area contributed by atoms with Gasteiger partial charge in [0, 0.05) is 56.1 Å². The number of rotatable bonds is 4. The highest BCUT2D eigenvalue weighted by atomic mass is 16.6. The van der Waals surface area contributed by atoms with E-state index in [1.807, 2.05) is 12.1 Å². The third-order valence-electron chi connectivity index (χ3n) is 7.29. The van der Waals surface area contributed by atoms with Crippen molar-refractivity contribution in [1.82, 2.24) is 15.0 Å². The Hall–Kier alpha value is -3.86. The van der Waals surface area contributed by atoms with Crippen LogP contribution in [0.2, 0.25) is 0 Å². The third kappa shape index (κ3) is 2.55. The summed E-state index contributed by atoms with van der Waals surface area (Å²) in [6.45, 7) is 8.47. The number of H-pyrrole nitrogens is 2. The Morgan fingerprint density at radius 1 is 0.824 bits per heavy atom. The standard InChI is InChI=1S/C29H27N3O2/c1-5-18-10-7-13-21-23(18)25(16(3)31-21)29(20-12-9-15-30-27(20)28(33)34-29)26-17(4)32-22-14-8-11-19(6-2)24(22)26/h7-15,31-32H,5-6H2,1-4H3. The third-order valence-corrected chi connectivity index (χ3v) is 7.29. The number of hydrogen-bond acceptors (Lipinski definition) is 3. The first-order valence-corrected chi connectivity index (χ1v) is 11.9. The number of aromatic nitrogens is 3. The SMILES string of the molecule is CCc1cccc2[nH]c(C)c(C3(c4c(C)[nH]c5cccc(CC)c45)OC(=O)c4ncccc43)c12. The lowest BCUT2D eigenvalue weighted by molar-refractivity contribution is 0.0254. The average Bonchev–Trinajstić information content (AvgIpc) is 3.47. The van der Waals surface area contributed by atoms with E-state index in [9.17, 15) is 4.79 Å². The van der Waals surface area contributed by atoms with Crippen LogP contribution in [0.25, 0.3) is 21.8 Å². The Labute approximate surface area is 198 Å². The number of carbonyl (C=O) groups excluding carboxylic acids is 1. The maximum absolute atomic E-state index is 13.4. The Kier molecular flexibility index (Phi) is 4.46. The summed E-state index contributed by atoms with van der Waals surface area (Å²) in [6.07, 6.45) is 3.41. The average molecular weight is 450 g/mol. The molecular formula is C29H27N3O2. The minimum atomic E-state index is -1.11. The van der Waals surface area contributed by atoms with Crippen LogP contribution in [0, 0.1) is 13.8 Å². The van der Waals surface area contributed by atoms with Gasteiger partial charge in [-0.2, -0.15) is 0 Å². The molecule has 6 rings (SSSR count). The predicted molar refractivity (Wildman–Crippen MR) is 134 cm³/mol. The van der Waals surface area contributed by atoms with Crippen LogP contribution in [0.4, 0.5) is 0 Å². The zero-order valence-electron chi connectivity index (χ0n) is 19.9. The Balaban J connectivity index is 1.86. The van der Waals surface area contributed by atoms with Crippen molar-refractivity contribution in [2.75, 3.05) is 0 Å². The van der Waals surface area contributed by atoms with Gasteiger partial charge in [0.05, 0.1) is 0 Å². The van der Waals surface area contributed by atoms with E-state index in [1.54, 1.807) is 6.20 Å². The minimum absolute atomic E-state index is 0.382. The van der Waals surface area contributed by atoms with Crippen molar-refractivity contribution >= 4 is 27.8 Å². The Bertz CT molecular complexity index is 1520. The van der Waals surface area contributed by atoms with Gasteiger partial charge in [-0.1, -0.05) is 44.2 Å². The molecule has 0 spiro atoms. The van der Waals surface area contributed by atoms with Gasteiger partial charge >= 0.3 is 5.97 Å². The number of cyclic esters (lactones) is 1. The van der Waals surface area contributed by atoms with Crippen LogP contribution in [0.5, 0.6) is 0 Å². The van der Waals surface area contributed by atoms with Crippen LogP contribution in [0.1, 0.15) is 63.5 Å². The lowest BCUT2D eigenvalue weighted by Crippen LogP contribution is -2.31. The molecule has 5 heteroatoms. The van der Waals surface area contributed by atoms with E-state index in [2.05, 4.69) is 79.0 Å². The molecule has 2 aromatic carbocycles. The number of esters is 1. The largest absolute Gasteiger partial charge is 0.439 e. The van der Waals surface area contributed by atoms with Crippen LogP contribution >= 0.6 is 0 Å². The second-order valence-corrected chi connectivity index (χ2v) is 9.11. The van der Waals surface area contributed by atoms with Crippen LogP contribution in [-0.4, -0.2) is 20.9 Å². The van der Waals surface area contributed by atoms with Gasteiger partial charge in [-0.25, -0.2) is 9.78 Å². The monoisotopic (exact) mass is 449 g/mol. The quantitative estimate of drug-likeness (QED) is 0.319. The first-order valence-electron chi connectivity index (χ1n) is 11.9. The molecule has 5 nitrogen and oxygen atoms in total. The second-order valence-electron chi connectivity index (χ2n) is 9.11. The topological polar surface area (TPSA) is 70.8 Å². The lowest BCUT2D eigenvalue weighted by atomic mass is 9.76. The Morgan fingerprint density at radius 2 is 1.38 bits per heavy atom. The zero-order chi connectivity index (χ0) is 23.6. The van der Waals surface area contributed by atoms with Crippen LogP contribution in [-0.2, 0) is 23.2 Å². The number of nitrogens with one attached hydrogen (secondary N) is 2. The molecule has 3 aromatic heterocycles. The number of benzene rings is 2. The summed E-state index contributed by atoms with van der Waals surface area (Å²) in [5.74, 6) is -0.388. The second kappa shape index (κ2) is 7.32. The summed E-state index contributed by atoms with van der Waals surface area (Å²) in [6, 6.07) is 16.6. The summed E-state index contributed by atoms with van der Waals surface area (Å²) in [5.41, 5.74) is 8.58. The van der Waals surface area contributed by atoms with Gasteiger partial charge < -0.3 is 14.7 Å². The normalized spacial score (nSPS) is 14.6. The highest BCUT2D eigenvalue weighted by molar-refractivity contribution is 6.01. The summed E-state index contributed by atoms with van der Waals surface area (Å²) < 4.78 is 6.54. The fraction of sp³-hybridized carbons (Fsp3) is 0.241. The van der Waals surface area contributed by atoms with E-state index in [0.717, 1.165) is 62.7 Å². The molecule has 2 N–H and O–H groups in total. The summed E-state index contributed by atoms with van der Waals surface area (Å²) in [7, 11) is 0. The summed E-state index contributed by atoms with van der Waals surface area (Å²) in [4.78, 5) is 25.0. The van der Waals surface area contributed by atoms with E-state index in [1.165, 1.54) is 11.1 Å². The minimum Gasteiger partial charge on any atom is -0.439 e. The molecule has 4 heterocycles. The fourth-order valence-corrected chi connectivity index (χ4v) is 5.96. The zero-order valence-corrected chi connectivity index (χ0v) is 19.9. The number of carbonyl (C=O) groups is 1. The molecular weight excluding hydrogens is 422 g/mol. The summed E-state index contributed by atoms with van der Waals surface area (Å²) in [5, 5.41) is 2.24. The smallest absolute Gasteiger partial charge is 0.358 e. The fourth-order valence-electron chi connectivity index (χ4n) is 5.96. The van der Waals surface area contributed by atoms with Crippen molar-refractivity contribution in [3.8, 4) is 0 Å². The van der Waals surface area contributed by atoms with Gasteiger partial charge in [-0.3, -0.25) is 0 Å². The van der Waals surface area contributed by atoms with Gasteiger partial charge in [-0.15, -0.1) is 0 Å². The first kappa shape index (κ1) is 20.7. The van der Waals surface area contributed by atoms with Gasteiger partial charge in [-0.05, 0) is 56.0 Å². The molecule has 0 aliphatic carbocycles. The molecule has 0 saturated heterocycles. The molecule has 0 bridgehead atoms. The molecule has 170 valence electrons. The first-order chi connectivity index (χ1) is 16.5. The number of pyridine rings is 1. The molecule has 0 amide bonds. The van der Waals surface area contributed by atoms with Crippen molar-refractivity contribution in [2.24, 2.45) is 0 Å². The van der Waals surface area contributed by atoms with Crippen molar-refractivity contribution in [3.05, 3.63) is 99.6 Å². The molecule has 0 unspecified atom stereocenters. The van der Waals surface area contributed by atoms with E-state index >= 15 is 0 Å². The van der Waals surface area contributed by atoms with Crippen LogP contribution < -0.4 is 0 Å². The molecule has 0 atom stereocenters. The van der Waals surface area contributed by atoms with E-state index < -0.39 is 5.60 Å². The van der Waals surface area contributed by atoms with Crippen molar-refractivity contribution in [1.29, 1.82) is 0 Å². The highest BCUT2D eigenvalue weighted by Crippen LogP contribution is 2.53. The number of aryl methyl sites for hydroxylation is 4. The molecule has 1 aliphatic rings. The van der Waals surface area contributed by atoms with E-state index in [0.29, 0.717) is 5.69 Å². The van der Waals surface area contributed by atoms with Gasteiger partial charge in [0.1, 0.15) is 0 Å². The predicted octanol–water partition coefficient (Wildman–Crippen LogP) is 6.25. The number of hydrogen-bond donors (Lipinski definition) is 2. The van der Waals surface area contributed by atoms with E-state index in [4.69, 9.17) is 4.74 Å². The van der Waals surface area contributed by atoms with Crippen molar-refractivity contribution < 1.29 is 9.53 Å². The number of aromatic amines is 2. The molecule has 0 fully saturated rings. The Morgan fingerprint density at radius 3 is 1.91 bits per heavy atom. The van der Waals surface area contributed by atoms with E-state index in [-0.39, 0.29) is 5.97 Å². The van der Waals surface area contributed by atoms with Crippen molar-refractivity contribution in [2.45, 2.75) is 46.1 Å². The maximum atomic E-state index is 13.4. The maximum Gasteiger partial charge on any atom is 0.358 e. The van der Waals surface area contributed by atoms with Gasteiger partial charge in [0.2, 0.25) is 0 Å². The van der Waals surface area contributed by atoms with Crippen molar-refractivity contribution in [3.63, 3.8) is 0 Å². The van der Waals surface area contributed by atoms with Crippen LogP contribution in [0.15, 0.2) is 54.7 Å². The molecule has 5 aromatic rings. The molecule has 0 radical (unpaired) electrons. The molecule has 0 saturated carbocycles. The number of nitrogens with zero attached hydrogens (tertiary/aromatic N) is 1. The van der Waals surface area contributed by atoms with Crippen LogP contribution in [0.3, 0.4) is 0 Å². The molecule has 1 aliphatic heterocycles.